The Hall–Kier alpha value is -3.45. The van der Waals surface area contributed by atoms with Crippen molar-refractivity contribution >= 4 is 28.6 Å². The van der Waals surface area contributed by atoms with Crippen LogP contribution in [0.2, 0.25) is 5.02 Å². The van der Waals surface area contributed by atoms with Crippen molar-refractivity contribution in [1.82, 2.24) is 9.55 Å². The lowest BCUT2D eigenvalue weighted by Crippen LogP contribution is -2.15. The Balaban J connectivity index is 1.50. The average Bonchev–Trinajstić information content (AvgIpc) is 3.20. The number of carbonyl (C=O) groups is 1. The number of fused-ring (bicyclic) bond motifs is 1. The van der Waals surface area contributed by atoms with Crippen molar-refractivity contribution in [1.29, 1.82) is 0 Å². The predicted molar refractivity (Wildman–Crippen MR) is 139 cm³/mol. The molecule has 1 aliphatic carbocycles. The van der Waals surface area contributed by atoms with E-state index in [9.17, 15) is 13.6 Å². The van der Waals surface area contributed by atoms with E-state index in [0.29, 0.717) is 51.2 Å². The van der Waals surface area contributed by atoms with Gasteiger partial charge in [0.15, 0.2) is 11.6 Å². The molecule has 4 aromatic rings. The summed E-state index contributed by atoms with van der Waals surface area (Å²) in [6, 6.07) is 14.8. The van der Waals surface area contributed by atoms with E-state index in [1.807, 2.05) is 22.8 Å². The number of halogens is 3. The van der Waals surface area contributed by atoms with Crippen LogP contribution in [0.1, 0.15) is 43.2 Å². The Morgan fingerprint density at radius 3 is 2.43 bits per heavy atom. The second-order valence-electron chi connectivity index (χ2n) is 9.62. The summed E-state index contributed by atoms with van der Waals surface area (Å²) < 4.78 is 36.5. The predicted octanol–water partition coefficient (Wildman–Crippen LogP) is 7.42. The molecule has 3 aromatic carbocycles. The maximum atomic E-state index is 14.3. The average molecular weight is 525 g/mol. The van der Waals surface area contributed by atoms with E-state index in [1.54, 1.807) is 24.3 Å². The molecule has 0 saturated heterocycles. The van der Waals surface area contributed by atoms with Gasteiger partial charge < -0.3 is 14.4 Å². The second-order valence-corrected chi connectivity index (χ2v) is 10.1. The molecular weight excluding hydrogens is 498 g/mol. The minimum absolute atomic E-state index is 0.0437. The molecule has 0 bridgehead atoms. The van der Waals surface area contributed by atoms with E-state index in [0.717, 1.165) is 37.3 Å². The summed E-state index contributed by atoms with van der Waals surface area (Å²) in [6.07, 6.45) is 5.68. The van der Waals surface area contributed by atoms with Gasteiger partial charge in [0.25, 0.3) is 0 Å². The van der Waals surface area contributed by atoms with Gasteiger partial charge in [-0.15, -0.1) is 0 Å². The van der Waals surface area contributed by atoms with Gasteiger partial charge >= 0.3 is 5.97 Å². The topological polar surface area (TPSA) is 64.3 Å². The molecule has 1 heterocycles. The molecule has 192 valence electrons. The molecule has 0 unspecified atom stereocenters. The maximum absolute atomic E-state index is 14.3. The zero-order valence-corrected chi connectivity index (χ0v) is 21.0. The van der Waals surface area contributed by atoms with Gasteiger partial charge in [-0.25, -0.2) is 13.8 Å². The minimum Gasteiger partial charge on any atom is -0.488 e. The second kappa shape index (κ2) is 10.9. The first-order valence-electron chi connectivity index (χ1n) is 12.4. The molecular formula is C29H27ClF2N2O3. The Labute approximate surface area is 218 Å². The van der Waals surface area contributed by atoms with Crippen molar-refractivity contribution in [3.8, 4) is 17.1 Å². The van der Waals surface area contributed by atoms with Crippen LogP contribution in [-0.4, -0.2) is 20.6 Å². The Bertz CT molecular complexity index is 1430. The molecule has 0 spiro atoms. The standard InChI is InChI=1S/C29H27ClF2N2O3/c30-21-10-11-22(27(13-21)37-17-20-8-6-18(7-9-20)12-28(35)36)29-33-25-14-23(31)24(32)15-26(25)34(29)16-19-4-2-1-3-5-19/h6-11,13-15,19H,1-5,12,16-17H2,(H,35,36). The fourth-order valence-electron chi connectivity index (χ4n) is 5.03. The van der Waals surface area contributed by atoms with Crippen LogP contribution in [0.15, 0.2) is 54.6 Å². The van der Waals surface area contributed by atoms with Crippen LogP contribution in [0, 0.1) is 17.6 Å². The Morgan fingerprint density at radius 1 is 1.00 bits per heavy atom. The number of carboxylic acids is 1. The molecule has 1 saturated carbocycles. The first kappa shape index (κ1) is 25.2. The Kier molecular flexibility index (Phi) is 7.42. The lowest BCUT2D eigenvalue weighted by atomic mass is 9.89. The van der Waals surface area contributed by atoms with E-state index >= 15 is 0 Å². The van der Waals surface area contributed by atoms with Gasteiger partial charge in [0, 0.05) is 23.7 Å². The zero-order chi connectivity index (χ0) is 25.9. The minimum atomic E-state index is -0.930. The quantitative estimate of drug-likeness (QED) is 0.260. The highest BCUT2D eigenvalue weighted by Gasteiger charge is 2.22. The van der Waals surface area contributed by atoms with Gasteiger partial charge in [-0.1, -0.05) is 55.1 Å². The normalized spacial score (nSPS) is 14.2. The maximum Gasteiger partial charge on any atom is 0.307 e. The van der Waals surface area contributed by atoms with Crippen LogP contribution in [0.3, 0.4) is 0 Å². The number of imidazole rings is 1. The summed E-state index contributed by atoms with van der Waals surface area (Å²) in [4.78, 5) is 15.6. The van der Waals surface area contributed by atoms with Crippen LogP contribution in [0.25, 0.3) is 22.4 Å². The number of hydrogen-bond acceptors (Lipinski definition) is 3. The number of ether oxygens (including phenoxy) is 1. The van der Waals surface area contributed by atoms with Crippen LogP contribution in [0.4, 0.5) is 8.78 Å². The molecule has 0 radical (unpaired) electrons. The number of benzene rings is 3. The van der Waals surface area contributed by atoms with Crippen molar-refractivity contribution < 1.29 is 23.4 Å². The Morgan fingerprint density at radius 2 is 1.70 bits per heavy atom. The highest BCUT2D eigenvalue weighted by Crippen LogP contribution is 2.37. The molecule has 0 aliphatic heterocycles. The molecule has 1 N–H and O–H groups in total. The summed E-state index contributed by atoms with van der Waals surface area (Å²) in [7, 11) is 0. The first-order valence-corrected chi connectivity index (χ1v) is 12.8. The number of hydrogen-bond donors (Lipinski definition) is 1. The van der Waals surface area contributed by atoms with Crippen LogP contribution in [-0.2, 0) is 24.4 Å². The van der Waals surface area contributed by atoms with E-state index in [1.165, 1.54) is 12.5 Å². The van der Waals surface area contributed by atoms with Crippen molar-refractivity contribution in [3.63, 3.8) is 0 Å². The molecule has 0 atom stereocenters. The lowest BCUT2D eigenvalue weighted by molar-refractivity contribution is -0.136. The van der Waals surface area contributed by atoms with Crippen LogP contribution in [0.5, 0.6) is 5.75 Å². The van der Waals surface area contributed by atoms with Gasteiger partial charge in [-0.05, 0) is 48.1 Å². The monoisotopic (exact) mass is 524 g/mol. The summed E-state index contributed by atoms with van der Waals surface area (Å²) in [5, 5.41) is 9.46. The third-order valence-corrected chi connectivity index (χ3v) is 7.15. The fourth-order valence-corrected chi connectivity index (χ4v) is 5.19. The van der Waals surface area contributed by atoms with Gasteiger partial charge in [-0.2, -0.15) is 0 Å². The number of nitrogens with zero attached hydrogens (tertiary/aromatic N) is 2. The third kappa shape index (κ3) is 5.77. The molecule has 1 aromatic heterocycles. The summed E-state index contributed by atoms with van der Waals surface area (Å²) in [5.41, 5.74) is 3.18. The SMILES string of the molecule is O=C(O)Cc1ccc(COc2cc(Cl)ccc2-c2nc3cc(F)c(F)cc3n2CC2CCCCC2)cc1. The zero-order valence-electron chi connectivity index (χ0n) is 20.2. The van der Waals surface area contributed by atoms with Crippen molar-refractivity contribution in [3.05, 3.63) is 82.4 Å². The first-order chi connectivity index (χ1) is 17.9. The van der Waals surface area contributed by atoms with E-state index < -0.39 is 17.6 Å². The molecule has 8 heteroatoms. The van der Waals surface area contributed by atoms with Gasteiger partial charge in [0.2, 0.25) is 0 Å². The number of carboxylic acid groups (broad SMARTS) is 1. The smallest absolute Gasteiger partial charge is 0.307 e. The largest absolute Gasteiger partial charge is 0.488 e. The molecule has 1 fully saturated rings. The van der Waals surface area contributed by atoms with E-state index in [-0.39, 0.29) is 13.0 Å². The molecule has 1 aliphatic rings. The summed E-state index contributed by atoms with van der Waals surface area (Å²) in [5.74, 6) is -1.21. The molecule has 0 amide bonds. The van der Waals surface area contributed by atoms with Crippen molar-refractivity contribution in [2.45, 2.75) is 51.7 Å². The molecule has 5 nitrogen and oxygen atoms in total. The summed E-state index contributed by atoms with van der Waals surface area (Å²) in [6.45, 7) is 0.886. The fraction of sp³-hybridized carbons (Fsp3) is 0.310. The van der Waals surface area contributed by atoms with Crippen LogP contribution < -0.4 is 4.74 Å². The van der Waals surface area contributed by atoms with Crippen molar-refractivity contribution in [2.75, 3.05) is 0 Å². The number of aromatic nitrogens is 2. The van der Waals surface area contributed by atoms with Crippen molar-refractivity contribution in [2.24, 2.45) is 5.92 Å². The lowest BCUT2D eigenvalue weighted by Gasteiger charge is -2.23. The van der Waals surface area contributed by atoms with Gasteiger partial charge in [-0.3, -0.25) is 4.79 Å². The number of aliphatic carboxylic acids is 1. The molecule has 5 rings (SSSR count). The van der Waals surface area contributed by atoms with Gasteiger partial charge in [0.05, 0.1) is 23.0 Å². The number of rotatable bonds is 8. The highest BCUT2D eigenvalue weighted by molar-refractivity contribution is 6.30. The third-order valence-electron chi connectivity index (χ3n) is 6.91. The van der Waals surface area contributed by atoms with Gasteiger partial charge in [0.1, 0.15) is 18.2 Å². The van der Waals surface area contributed by atoms with E-state index in [2.05, 4.69) is 0 Å². The van der Waals surface area contributed by atoms with E-state index in [4.69, 9.17) is 26.4 Å². The highest BCUT2D eigenvalue weighted by atomic mass is 35.5. The molecule has 37 heavy (non-hydrogen) atoms. The summed E-state index contributed by atoms with van der Waals surface area (Å²) >= 11 is 6.31. The van der Waals surface area contributed by atoms with Crippen LogP contribution >= 0.6 is 11.6 Å².